The van der Waals surface area contributed by atoms with Crippen molar-refractivity contribution in [3.63, 3.8) is 0 Å². The molecule has 0 N–H and O–H groups in total. The van der Waals surface area contributed by atoms with E-state index in [-0.39, 0.29) is 0 Å². The Balaban J connectivity index is 3.02. The van der Waals surface area contributed by atoms with E-state index in [4.69, 9.17) is 11.6 Å². The molecular formula is C12H21Cl. The Morgan fingerprint density at radius 2 is 1.69 bits per heavy atom. The quantitative estimate of drug-likeness (QED) is 0.303. The zero-order valence-corrected chi connectivity index (χ0v) is 9.39. The van der Waals surface area contributed by atoms with Crippen LogP contribution in [0.4, 0.5) is 0 Å². The predicted molar refractivity (Wildman–Crippen MR) is 62.4 cm³/mol. The third kappa shape index (κ3) is 11.8. The summed E-state index contributed by atoms with van der Waals surface area (Å²) in [5.74, 6) is 0.817. The molecule has 0 aliphatic carbocycles. The van der Waals surface area contributed by atoms with Gasteiger partial charge in [-0.15, -0.1) is 11.6 Å². The van der Waals surface area contributed by atoms with E-state index >= 15 is 0 Å². The van der Waals surface area contributed by atoms with Crippen LogP contribution in [0.1, 0.15) is 45.4 Å². The van der Waals surface area contributed by atoms with Crippen LogP contribution in [0.5, 0.6) is 0 Å². The predicted octanol–water partition coefficient (Wildman–Crippen LogP) is 4.70. The fourth-order valence-electron chi connectivity index (χ4n) is 1.14. The summed E-state index contributed by atoms with van der Waals surface area (Å²) in [5.41, 5.74) is 0. The van der Waals surface area contributed by atoms with E-state index in [2.05, 4.69) is 31.2 Å². The van der Waals surface area contributed by atoms with Gasteiger partial charge in [0.25, 0.3) is 0 Å². The molecule has 0 aromatic rings. The van der Waals surface area contributed by atoms with Gasteiger partial charge in [0.15, 0.2) is 0 Å². The molecule has 13 heavy (non-hydrogen) atoms. The molecule has 0 spiro atoms. The highest BCUT2D eigenvalue weighted by Crippen LogP contribution is 2.04. The molecular weight excluding hydrogens is 180 g/mol. The van der Waals surface area contributed by atoms with Crippen LogP contribution in [0.3, 0.4) is 0 Å². The molecule has 0 bridgehead atoms. The average Bonchev–Trinajstić information content (AvgIpc) is 2.16. The van der Waals surface area contributed by atoms with E-state index in [1.54, 1.807) is 0 Å². The highest BCUT2D eigenvalue weighted by Gasteiger charge is 1.86. The van der Waals surface area contributed by atoms with Crippen molar-refractivity contribution < 1.29 is 0 Å². The van der Waals surface area contributed by atoms with Crippen molar-refractivity contribution in [3.8, 4) is 0 Å². The molecule has 0 heterocycles. The fourth-order valence-corrected chi connectivity index (χ4v) is 1.33. The molecule has 0 aromatic carbocycles. The molecule has 1 heteroatoms. The summed E-state index contributed by atoms with van der Waals surface area (Å²) in [7, 11) is 0. The van der Waals surface area contributed by atoms with E-state index in [9.17, 15) is 0 Å². The second-order valence-electron chi connectivity index (χ2n) is 3.17. The number of unbranched alkanes of at least 4 members (excludes halogenated alkanes) is 4. The minimum atomic E-state index is 0.817. The van der Waals surface area contributed by atoms with Crippen LogP contribution in [0.25, 0.3) is 0 Å². The summed E-state index contributed by atoms with van der Waals surface area (Å²) in [6.07, 6.45) is 16.2. The minimum absolute atomic E-state index is 0.817. The van der Waals surface area contributed by atoms with Gasteiger partial charge >= 0.3 is 0 Å². The highest BCUT2D eigenvalue weighted by atomic mass is 35.5. The normalized spacial score (nSPS) is 11.8. The van der Waals surface area contributed by atoms with E-state index in [0.29, 0.717) is 0 Å². The maximum absolute atomic E-state index is 5.58. The van der Waals surface area contributed by atoms with Gasteiger partial charge in [-0.2, -0.15) is 0 Å². The Bertz CT molecular complexity index is 136. The van der Waals surface area contributed by atoms with Gasteiger partial charge in [0, 0.05) is 5.88 Å². The Labute approximate surface area is 87.7 Å². The van der Waals surface area contributed by atoms with Crippen molar-refractivity contribution in [3.05, 3.63) is 24.3 Å². The van der Waals surface area contributed by atoms with E-state index in [1.165, 1.54) is 32.1 Å². The molecule has 76 valence electrons. The first-order chi connectivity index (χ1) is 6.41. The second-order valence-corrected chi connectivity index (χ2v) is 3.55. The Morgan fingerprint density at radius 3 is 2.38 bits per heavy atom. The number of halogens is 1. The molecule has 0 rings (SSSR count). The summed E-state index contributed by atoms with van der Waals surface area (Å²) in [5, 5.41) is 0. The second kappa shape index (κ2) is 11.8. The van der Waals surface area contributed by atoms with Crippen LogP contribution < -0.4 is 0 Å². The zero-order valence-electron chi connectivity index (χ0n) is 8.64. The third-order valence-corrected chi connectivity index (χ3v) is 2.20. The van der Waals surface area contributed by atoms with Crippen molar-refractivity contribution in [2.24, 2.45) is 0 Å². The van der Waals surface area contributed by atoms with Crippen LogP contribution in [0.2, 0.25) is 0 Å². The lowest BCUT2D eigenvalue weighted by atomic mass is 10.1. The standard InChI is InChI=1S/C12H21Cl/c1-2-3-4-5-6-7-8-9-10-11-12-13/h2-3,5-6H,4,7-12H2,1H3. The van der Waals surface area contributed by atoms with Crippen LogP contribution >= 0.6 is 11.6 Å². The number of hydrogen-bond donors (Lipinski definition) is 0. The topological polar surface area (TPSA) is 0 Å². The summed E-state index contributed by atoms with van der Waals surface area (Å²) in [4.78, 5) is 0. The lowest BCUT2D eigenvalue weighted by Gasteiger charge is -1.94. The number of rotatable bonds is 8. The van der Waals surface area contributed by atoms with Gasteiger partial charge in [-0.1, -0.05) is 37.1 Å². The molecule has 0 saturated carbocycles. The molecule has 0 fully saturated rings. The highest BCUT2D eigenvalue weighted by molar-refractivity contribution is 6.17. The molecule has 0 atom stereocenters. The Hall–Kier alpha value is -0.230. The Morgan fingerprint density at radius 1 is 0.923 bits per heavy atom. The molecule has 0 saturated heterocycles. The summed E-state index contributed by atoms with van der Waals surface area (Å²) < 4.78 is 0. The smallest absolute Gasteiger partial charge is 0.0223 e. The van der Waals surface area contributed by atoms with Crippen LogP contribution in [0, 0.1) is 0 Å². The van der Waals surface area contributed by atoms with E-state index in [0.717, 1.165) is 12.3 Å². The third-order valence-electron chi connectivity index (χ3n) is 1.93. The van der Waals surface area contributed by atoms with E-state index in [1.807, 2.05) is 0 Å². The maximum atomic E-state index is 5.58. The maximum Gasteiger partial charge on any atom is 0.0223 e. The number of alkyl halides is 1. The van der Waals surface area contributed by atoms with Crippen molar-refractivity contribution in [1.29, 1.82) is 0 Å². The molecule has 0 radical (unpaired) electrons. The summed E-state index contributed by atoms with van der Waals surface area (Å²) in [6, 6.07) is 0. The van der Waals surface area contributed by atoms with Crippen molar-refractivity contribution in [2.45, 2.75) is 45.4 Å². The molecule has 0 amide bonds. The van der Waals surface area contributed by atoms with Crippen LogP contribution in [-0.2, 0) is 0 Å². The van der Waals surface area contributed by atoms with Gasteiger partial charge in [0.1, 0.15) is 0 Å². The zero-order chi connectivity index (χ0) is 9.78. The van der Waals surface area contributed by atoms with Crippen molar-refractivity contribution in [1.82, 2.24) is 0 Å². The van der Waals surface area contributed by atoms with E-state index < -0.39 is 0 Å². The largest absolute Gasteiger partial charge is 0.127 e. The van der Waals surface area contributed by atoms with Crippen molar-refractivity contribution >= 4 is 11.6 Å². The SMILES string of the molecule is CC=CCC=CCCCCCCCl. The van der Waals surface area contributed by atoms with Gasteiger partial charge in [-0.05, 0) is 32.6 Å². The summed E-state index contributed by atoms with van der Waals surface area (Å²) in [6.45, 7) is 2.06. The van der Waals surface area contributed by atoms with Gasteiger partial charge < -0.3 is 0 Å². The van der Waals surface area contributed by atoms with Crippen LogP contribution in [-0.4, -0.2) is 5.88 Å². The minimum Gasteiger partial charge on any atom is -0.127 e. The molecule has 0 aromatic heterocycles. The summed E-state index contributed by atoms with van der Waals surface area (Å²) >= 11 is 5.58. The molecule has 0 aliphatic heterocycles. The van der Waals surface area contributed by atoms with Crippen LogP contribution in [0.15, 0.2) is 24.3 Å². The fraction of sp³-hybridized carbons (Fsp3) is 0.667. The average molecular weight is 201 g/mol. The Kier molecular flexibility index (Phi) is 11.6. The van der Waals surface area contributed by atoms with Gasteiger partial charge in [-0.3, -0.25) is 0 Å². The lowest BCUT2D eigenvalue weighted by Crippen LogP contribution is -1.77. The lowest BCUT2D eigenvalue weighted by molar-refractivity contribution is 0.676. The van der Waals surface area contributed by atoms with Crippen molar-refractivity contribution in [2.75, 3.05) is 5.88 Å². The first kappa shape index (κ1) is 12.8. The molecule has 0 unspecified atom stereocenters. The molecule has 0 nitrogen and oxygen atoms in total. The molecule has 0 aliphatic rings. The first-order valence-corrected chi connectivity index (χ1v) is 5.77. The number of hydrogen-bond acceptors (Lipinski definition) is 0. The first-order valence-electron chi connectivity index (χ1n) is 5.24. The van der Waals surface area contributed by atoms with Gasteiger partial charge in [0.05, 0.1) is 0 Å². The number of allylic oxidation sites excluding steroid dienone is 4. The monoisotopic (exact) mass is 200 g/mol. The van der Waals surface area contributed by atoms with Gasteiger partial charge in [-0.25, -0.2) is 0 Å². The van der Waals surface area contributed by atoms with Gasteiger partial charge in [0.2, 0.25) is 0 Å².